The molecule has 2 nitrogen and oxygen atoms in total. The van der Waals surface area contributed by atoms with Crippen molar-refractivity contribution in [3.63, 3.8) is 0 Å². The van der Waals surface area contributed by atoms with E-state index in [-0.39, 0.29) is 5.75 Å². The van der Waals surface area contributed by atoms with Crippen LogP contribution in [0.4, 0.5) is 0 Å². The largest absolute Gasteiger partial charge is 0.508 e. The monoisotopic (exact) mass is 228 g/mol. The van der Waals surface area contributed by atoms with E-state index in [0.29, 0.717) is 5.75 Å². The van der Waals surface area contributed by atoms with E-state index in [1.54, 1.807) is 19.2 Å². The molecule has 1 N–H and O–H groups in total. The van der Waals surface area contributed by atoms with Crippen molar-refractivity contribution in [3.8, 4) is 22.6 Å². The third-order valence-electron chi connectivity index (χ3n) is 2.82. The Morgan fingerprint density at radius 1 is 1.00 bits per heavy atom. The molecule has 88 valence electrons. The van der Waals surface area contributed by atoms with Gasteiger partial charge in [0.1, 0.15) is 11.5 Å². The minimum atomic E-state index is 0.221. The van der Waals surface area contributed by atoms with Crippen molar-refractivity contribution in [3.05, 3.63) is 48.0 Å². The molecule has 0 atom stereocenters. The molecule has 0 bridgehead atoms. The lowest BCUT2D eigenvalue weighted by molar-refractivity contribution is 0.408. The number of phenols is 1. The van der Waals surface area contributed by atoms with E-state index < -0.39 is 0 Å². The Labute approximate surface area is 101 Å². The molecule has 0 fully saturated rings. The molecule has 0 amide bonds. The van der Waals surface area contributed by atoms with Gasteiger partial charge in [-0.15, -0.1) is 0 Å². The van der Waals surface area contributed by atoms with Crippen LogP contribution in [0.15, 0.2) is 42.5 Å². The molecule has 0 unspecified atom stereocenters. The standard InChI is InChI=1S/C15H16O2/c1-3-11-4-6-12(7-5-11)13-8-14(16)10-15(9-13)17-2/h4-10,16H,3H2,1-2H3. The molecule has 0 aliphatic heterocycles. The SMILES string of the molecule is CCc1ccc(-c2cc(O)cc(OC)c2)cc1. The number of aryl methyl sites for hydroxylation is 1. The number of benzene rings is 2. The van der Waals surface area contributed by atoms with Gasteiger partial charge in [0.05, 0.1) is 7.11 Å². The van der Waals surface area contributed by atoms with E-state index in [1.807, 2.05) is 6.07 Å². The maximum Gasteiger partial charge on any atom is 0.123 e. The highest BCUT2D eigenvalue weighted by Crippen LogP contribution is 2.29. The van der Waals surface area contributed by atoms with Gasteiger partial charge in [-0.2, -0.15) is 0 Å². The zero-order valence-corrected chi connectivity index (χ0v) is 10.1. The predicted molar refractivity (Wildman–Crippen MR) is 69.5 cm³/mol. The van der Waals surface area contributed by atoms with Gasteiger partial charge in [-0.1, -0.05) is 31.2 Å². The van der Waals surface area contributed by atoms with Gasteiger partial charge in [-0.3, -0.25) is 0 Å². The Morgan fingerprint density at radius 2 is 1.71 bits per heavy atom. The summed E-state index contributed by atoms with van der Waals surface area (Å²) >= 11 is 0. The van der Waals surface area contributed by atoms with Crippen molar-refractivity contribution in [2.45, 2.75) is 13.3 Å². The number of hydrogen-bond donors (Lipinski definition) is 1. The van der Waals surface area contributed by atoms with Crippen LogP contribution in [-0.2, 0) is 6.42 Å². The van der Waals surface area contributed by atoms with Gasteiger partial charge in [0.15, 0.2) is 0 Å². The Kier molecular flexibility index (Phi) is 3.33. The summed E-state index contributed by atoms with van der Waals surface area (Å²) in [4.78, 5) is 0. The molecule has 2 heteroatoms. The van der Waals surface area contributed by atoms with Crippen molar-refractivity contribution >= 4 is 0 Å². The highest BCUT2D eigenvalue weighted by atomic mass is 16.5. The van der Waals surface area contributed by atoms with Gasteiger partial charge in [-0.05, 0) is 35.2 Å². The van der Waals surface area contributed by atoms with Crippen molar-refractivity contribution in [2.24, 2.45) is 0 Å². The number of ether oxygens (including phenoxy) is 1. The fraction of sp³-hybridized carbons (Fsp3) is 0.200. The minimum absolute atomic E-state index is 0.221. The molecule has 2 aromatic rings. The molecule has 0 radical (unpaired) electrons. The van der Waals surface area contributed by atoms with E-state index in [9.17, 15) is 5.11 Å². The van der Waals surface area contributed by atoms with Crippen LogP contribution in [0.3, 0.4) is 0 Å². The summed E-state index contributed by atoms with van der Waals surface area (Å²) < 4.78 is 5.14. The second-order valence-electron chi connectivity index (χ2n) is 3.97. The van der Waals surface area contributed by atoms with Crippen molar-refractivity contribution in [1.29, 1.82) is 0 Å². The first kappa shape index (κ1) is 11.5. The maximum absolute atomic E-state index is 9.61. The average molecular weight is 228 g/mol. The van der Waals surface area contributed by atoms with Crippen LogP contribution < -0.4 is 4.74 Å². The minimum Gasteiger partial charge on any atom is -0.508 e. The molecule has 17 heavy (non-hydrogen) atoms. The quantitative estimate of drug-likeness (QED) is 0.869. The molecule has 0 aromatic heterocycles. The van der Waals surface area contributed by atoms with Crippen LogP contribution in [0, 0.1) is 0 Å². The number of rotatable bonds is 3. The highest BCUT2D eigenvalue weighted by molar-refractivity contribution is 5.67. The lowest BCUT2D eigenvalue weighted by Crippen LogP contribution is -1.85. The van der Waals surface area contributed by atoms with Gasteiger partial charge in [0.25, 0.3) is 0 Å². The van der Waals surface area contributed by atoms with Crippen LogP contribution in [0.1, 0.15) is 12.5 Å². The lowest BCUT2D eigenvalue weighted by Gasteiger charge is -2.07. The van der Waals surface area contributed by atoms with Gasteiger partial charge in [-0.25, -0.2) is 0 Å². The predicted octanol–water partition coefficient (Wildman–Crippen LogP) is 3.63. The molecule has 0 aliphatic rings. The third-order valence-corrected chi connectivity index (χ3v) is 2.82. The molecule has 0 saturated heterocycles. The Morgan fingerprint density at radius 3 is 2.29 bits per heavy atom. The van der Waals surface area contributed by atoms with Gasteiger partial charge in [0, 0.05) is 6.07 Å². The molecular formula is C15H16O2. The van der Waals surface area contributed by atoms with Crippen LogP contribution in [0.2, 0.25) is 0 Å². The van der Waals surface area contributed by atoms with Crippen molar-refractivity contribution in [2.75, 3.05) is 7.11 Å². The number of aromatic hydroxyl groups is 1. The molecule has 0 aliphatic carbocycles. The summed E-state index contributed by atoms with van der Waals surface area (Å²) in [7, 11) is 1.60. The molecule has 2 rings (SSSR count). The molecular weight excluding hydrogens is 212 g/mol. The summed E-state index contributed by atoms with van der Waals surface area (Å²) in [6.07, 6.45) is 1.03. The smallest absolute Gasteiger partial charge is 0.123 e. The van der Waals surface area contributed by atoms with Crippen molar-refractivity contribution in [1.82, 2.24) is 0 Å². The number of phenolic OH excluding ortho intramolecular Hbond substituents is 1. The van der Waals surface area contributed by atoms with E-state index in [2.05, 4.69) is 31.2 Å². The summed E-state index contributed by atoms with van der Waals surface area (Å²) in [5, 5.41) is 9.61. The fourth-order valence-electron chi connectivity index (χ4n) is 1.80. The van der Waals surface area contributed by atoms with Gasteiger partial charge >= 0.3 is 0 Å². The first-order valence-electron chi connectivity index (χ1n) is 5.70. The van der Waals surface area contributed by atoms with Crippen LogP contribution in [0.5, 0.6) is 11.5 Å². The van der Waals surface area contributed by atoms with E-state index >= 15 is 0 Å². The summed E-state index contributed by atoms with van der Waals surface area (Å²) in [6, 6.07) is 13.6. The zero-order chi connectivity index (χ0) is 12.3. The second-order valence-corrected chi connectivity index (χ2v) is 3.97. The highest BCUT2D eigenvalue weighted by Gasteiger charge is 2.03. The first-order chi connectivity index (χ1) is 8.22. The Balaban J connectivity index is 2.41. The molecule has 2 aromatic carbocycles. The zero-order valence-electron chi connectivity index (χ0n) is 10.1. The van der Waals surface area contributed by atoms with E-state index in [4.69, 9.17) is 4.74 Å². The average Bonchev–Trinajstić information content (AvgIpc) is 2.38. The summed E-state index contributed by atoms with van der Waals surface area (Å²) in [6.45, 7) is 2.13. The van der Waals surface area contributed by atoms with E-state index in [0.717, 1.165) is 17.5 Å². The summed E-state index contributed by atoms with van der Waals surface area (Å²) in [5.41, 5.74) is 3.35. The first-order valence-corrected chi connectivity index (χ1v) is 5.70. The topological polar surface area (TPSA) is 29.5 Å². The molecule has 0 spiro atoms. The Bertz CT molecular complexity index is 501. The normalized spacial score (nSPS) is 10.2. The van der Waals surface area contributed by atoms with Crippen LogP contribution >= 0.6 is 0 Å². The fourth-order valence-corrected chi connectivity index (χ4v) is 1.80. The van der Waals surface area contributed by atoms with Gasteiger partial charge < -0.3 is 9.84 Å². The molecule has 0 heterocycles. The lowest BCUT2D eigenvalue weighted by atomic mass is 10.0. The maximum atomic E-state index is 9.61. The third kappa shape index (κ3) is 2.59. The molecule has 0 saturated carbocycles. The second kappa shape index (κ2) is 4.91. The number of hydrogen-bond acceptors (Lipinski definition) is 2. The van der Waals surface area contributed by atoms with Crippen molar-refractivity contribution < 1.29 is 9.84 Å². The Hall–Kier alpha value is -1.96. The van der Waals surface area contributed by atoms with Gasteiger partial charge in [0.2, 0.25) is 0 Å². The van der Waals surface area contributed by atoms with Crippen LogP contribution in [-0.4, -0.2) is 12.2 Å². The van der Waals surface area contributed by atoms with E-state index in [1.165, 1.54) is 5.56 Å². The number of methoxy groups -OCH3 is 1. The summed E-state index contributed by atoms with van der Waals surface area (Å²) in [5.74, 6) is 0.887. The van der Waals surface area contributed by atoms with Crippen LogP contribution in [0.25, 0.3) is 11.1 Å².